The molecule has 0 aromatic heterocycles. The van der Waals surface area contributed by atoms with E-state index in [9.17, 15) is 0 Å². The first-order valence-electron chi connectivity index (χ1n) is 7.23. The summed E-state index contributed by atoms with van der Waals surface area (Å²) in [4.78, 5) is 2.43. The maximum atomic E-state index is 6.09. The molecule has 0 spiro atoms. The molecule has 0 saturated carbocycles. The van der Waals surface area contributed by atoms with Crippen molar-refractivity contribution >= 4 is 15.9 Å². The molecule has 0 saturated heterocycles. The van der Waals surface area contributed by atoms with Gasteiger partial charge in [0.1, 0.15) is 0 Å². The molecule has 1 aromatic rings. The molecule has 1 rings (SSSR count). The minimum Gasteiger partial charge on any atom is -0.329 e. The van der Waals surface area contributed by atoms with E-state index in [1.54, 1.807) is 0 Å². The number of unbranched alkanes of at least 4 members (excludes halogenated alkanes) is 1. The predicted octanol–water partition coefficient (Wildman–Crippen LogP) is 4.18. The molecule has 0 aliphatic rings. The second-order valence-corrected chi connectivity index (χ2v) is 6.29. The summed E-state index contributed by atoms with van der Waals surface area (Å²) < 4.78 is 1.14. The molecule has 2 N–H and O–H groups in total. The van der Waals surface area contributed by atoms with Crippen LogP contribution in [0.25, 0.3) is 0 Å². The highest BCUT2D eigenvalue weighted by atomic mass is 79.9. The molecule has 0 radical (unpaired) electrons. The number of rotatable bonds is 8. The molecule has 0 amide bonds. The van der Waals surface area contributed by atoms with E-state index in [1.165, 1.54) is 24.8 Å². The highest BCUT2D eigenvalue weighted by Crippen LogP contribution is 2.26. The first kappa shape index (κ1) is 16.7. The van der Waals surface area contributed by atoms with E-state index in [2.05, 4.69) is 66.0 Å². The van der Waals surface area contributed by atoms with Crippen molar-refractivity contribution in [1.82, 2.24) is 4.90 Å². The van der Waals surface area contributed by atoms with Crippen molar-refractivity contribution in [2.75, 3.05) is 13.6 Å². The highest BCUT2D eigenvalue weighted by molar-refractivity contribution is 9.10. The lowest BCUT2D eigenvalue weighted by molar-refractivity contribution is 0.0999. The van der Waals surface area contributed by atoms with E-state index in [0.29, 0.717) is 0 Å². The molecule has 0 bridgehead atoms. The normalized spacial score (nSPS) is 14.6. The van der Waals surface area contributed by atoms with E-state index in [1.807, 2.05) is 0 Å². The molecule has 108 valence electrons. The molecule has 1 aromatic carbocycles. The van der Waals surface area contributed by atoms with Crippen molar-refractivity contribution in [3.05, 3.63) is 34.3 Å². The molecule has 2 nitrogen and oxygen atoms in total. The summed E-state index contributed by atoms with van der Waals surface area (Å²) in [6, 6.07) is 8.53. The first-order valence-corrected chi connectivity index (χ1v) is 8.03. The van der Waals surface area contributed by atoms with Crippen LogP contribution in [-0.2, 0) is 6.54 Å². The van der Waals surface area contributed by atoms with Crippen molar-refractivity contribution in [1.29, 1.82) is 0 Å². The highest BCUT2D eigenvalue weighted by Gasteiger charge is 2.30. The summed E-state index contributed by atoms with van der Waals surface area (Å²) in [5.74, 6) is 0. The maximum Gasteiger partial charge on any atom is 0.0329 e. The second-order valence-electron chi connectivity index (χ2n) is 5.37. The van der Waals surface area contributed by atoms with Crippen molar-refractivity contribution in [2.45, 2.75) is 51.6 Å². The van der Waals surface area contributed by atoms with E-state index >= 15 is 0 Å². The summed E-state index contributed by atoms with van der Waals surface area (Å²) in [6.07, 6.45) is 4.76. The first-order chi connectivity index (χ1) is 9.07. The Hall–Kier alpha value is -0.380. The largest absolute Gasteiger partial charge is 0.329 e. The third kappa shape index (κ3) is 4.59. The van der Waals surface area contributed by atoms with Crippen LogP contribution in [0.15, 0.2) is 28.7 Å². The van der Waals surface area contributed by atoms with Crippen molar-refractivity contribution < 1.29 is 0 Å². The van der Waals surface area contributed by atoms with Crippen LogP contribution in [0.3, 0.4) is 0 Å². The van der Waals surface area contributed by atoms with Gasteiger partial charge in [0.25, 0.3) is 0 Å². The van der Waals surface area contributed by atoms with Gasteiger partial charge in [-0.25, -0.2) is 0 Å². The molecule has 3 heteroatoms. The number of hydrogen-bond acceptors (Lipinski definition) is 2. The minimum atomic E-state index is 0.137. The van der Waals surface area contributed by atoms with Gasteiger partial charge >= 0.3 is 0 Å². The van der Waals surface area contributed by atoms with Gasteiger partial charge < -0.3 is 5.73 Å². The van der Waals surface area contributed by atoms with E-state index in [0.717, 1.165) is 24.0 Å². The molecule has 0 aliphatic carbocycles. The van der Waals surface area contributed by atoms with Crippen molar-refractivity contribution in [3.8, 4) is 0 Å². The Bertz CT molecular complexity index is 375. The van der Waals surface area contributed by atoms with Crippen LogP contribution in [0.5, 0.6) is 0 Å². The Labute approximate surface area is 126 Å². The van der Waals surface area contributed by atoms with Crippen LogP contribution in [0, 0.1) is 0 Å². The molecular weight excluding hydrogens is 300 g/mol. The Kier molecular flexibility index (Phi) is 7.05. The number of likely N-dealkylation sites (N-methyl/N-ethyl adjacent to an activating group) is 1. The fourth-order valence-electron chi connectivity index (χ4n) is 2.62. The molecule has 0 heterocycles. The standard InChI is InChI=1S/C16H27BrN2/c1-4-6-10-16(5-2,13-18)19(3)12-14-8-7-9-15(17)11-14/h7-9,11H,4-6,10,12-13,18H2,1-3H3. The van der Waals surface area contributed by atoms with E-state index in [4.69, 9.17) is 5.73 Å². The Balaban J connectivity index is 2.79. The van der Waals surface area contributed by atoms with Gasteiger partial charge in [-0.15, -0.1) is 0 Å². The van der Waals surface area contributed by atoms with Gasteiger partial charge in [0, 0.05) is 23.1 Å². The van der Waals surface area contributed by atoms with Gasteiger partial charge in [-0.05, 0) is 37.6 Å². The van der Waals surface area contributed by atoms with Gasteiger partial charge in [-0.1, -0.05) is 54.8 Å². The second kappa shape index (κ2) is 8.03. The van der Waals surface area contributed by atoms with E-state index < -0.39 is 0 Å². The van der Waals surface area contributed by atoms with Crippen LogP contribution >= 0.6 is 15.9 Å². The summed E-state index contributed by atoms with van der Waals surface area (Å²) in [6.45, 7) is 6.17. The SMILES string of the molecule is CCCCC(CC)(CN)N(C)Cc1cccc(Br)c1. The van der Waals surface area contributed by atoms with Crippen LogP contribution < -0.4 is 5.73 Å². The summed E-state index contributed by atoms with van der Waals surface area (Å²) >= 11 is 3.54. The third-order valence-electron chi connectivity index (χ3n) is 4.15. The van der Waals surface area contributed by atoms with Gasteiger partial charge in [0.05, 0.1) is 0 Å². The molecular formula is C16H27BrN2. The van der Waals surface area contributed by atoms with Gasteiger partial charge in [0.2, 0.25) is 0 Å². The van der Waals surface area contributed by atoms with Gasteiger partial charge in [-0.3, -0.25) is 4.90 Å². The average Bonchev–Trinajstić information content (AvgIpc) is 2.40. The van der Waals surface area contributed by atoms with Crippen LogP contribution in [0.2, 0.25) is 0 Å². The van der Waals surface area contributed by atoms with Crippen molar-refractivity contribution in [2.24, 2.45) is 5.73 Å². The third-order valence-corrected chi connectivity index (χ3v) is 4.65. The smallest absolute Gasteiger partial charge is 0.0329 e. The van der Waals surface area contributed by atoms with Gasteiger partial charge in [-0.2, -0.15) is 0 Å². The number of nitrogens with two attached hydrogens (primary N) is 1. The zero-order valence-corrected chi connectivity index (χ0v) is 14.0. The number of hydrogen-bond donors (Lipinski definition) is 1. The van der Waals surface area contributed by atoms with E-state index in [-0.39, 0.29) is 5.54 Å². The minimum absolute atomic E-state index is 0.137. The van der Waals surface area contributed by atoms with Crippen LogP contribution in [0.1, 0.15) is 45.1 Å². The molecule has 1 unspecified atom stereocenters. The average molecular weight is 327 g/mol. The summed E-state index contributed by atoms with van der Waals surface area (Å²) in [5, 5.41) is 0. The Morgan fingerprint density at radius 2 is 2.05 bits per heavy atom. The Morgan fingerprint density at radius 1 is 1.32 bits per heavy atom. The van der Waals surface area contributed by atoms with Crippen molar-refractivity contribution in [3.63, 3.8) is 0 Å². The molecule has 1 atom stereocenters. The maximum absolute atomic E-state index is 6.09. The number of nitrogens with zero attached hydrogens (tertiary/aromatic N) is 1. The van der Waals surface area contributed by atoms with Crippen LogP contribution in [-0.4, -0.2) is 24.0 Å². The topological polar surface area (TPSA) is 29.3 Å². The molecule has 0 aliphatic heterocycles. The summed E-state index contributed by atoms with van der Waals surface area (Å²) in [7, 11) is 2.20. The fourth-order valence-corrected chi connectivity index (χ4v) is 3.07. The lowest BCUT2D eigenvalue weighted by atomic mass is 9.87. The number of halogens is 1. The Morgan fingerprint density at radius 3 is 2.58 bits per heavy atom. The zero-order valence-electron chi connectivity index (χ0n) is 12.5. The lowest BCUT2D eigenvalue weighted by Crippen LogP contribution is -2.51. The summed E-state index contributed by atoms with van der Waals surface area (Å²) in [5.41, 5.74) is 7.56. The zero-order chi connectivity index (χ0) is 14.3. The monoisotopic (exact) mass is 326 g/mol. The lowest BCUT2D eigenvalue weighted by Gasteiger charge is -2.41. The fraction of sp³-hybridized carbons (Fsp3) is 0.625. The quantitative estimate of drug-likeness (QED) is 0.776. The number of benzene rings is 1. The molecule has 19 heavy (non-hydrogen) atoms. The predicted molar refractivity (Wildman–Crippen MR) is 87.2 cm³/mol. The van der Waals surface area contributed by atoms with Gasteiger partial charge in [0.15, 0.2) is 0 Å². The van der Waals surface area contributed by atoms with Crippen LogP contribution in [0.4, 0.5) is 0 Å². The molecule has 0 fully saturated rings.